The van der Waals surface area contributed by atoms with Crippen molar-refractivity contribution in [3.05, 3.63) is 70.2 Å². The molecule has 0 saturated carbocycles. The minimum absolute atomic E-state index is 0.0136. The summed E-state index contributed by atoms with van der Waals surface area (Å²) < 4.78 is 0. The van der Waals surface area contributed by atoms with Gasteiger partial charge in [0.15, 0.2) is 0 Å². The summed E-state index contributed by atoms with van der Waals surface area (Å²) in [7, 11) is 0. The molecule has 24 heavy (non-hydrogen) atoms. The van der Waals surface area contributed by atoms with Crippen LogP contribution in [0.25, 0.3) is 0 Å². The van der Waals surface area contributed by atoms with E-state index in [1.807, 2.05) is 24.3 Å². The number of hydrogen-bond donors (Lipinski definition) is 0. The zero-order chi connectivity index (χ0) is 17.1. The summed E-state index contributed by atoms with van der Waals surface area (Å²) in [6.45, 7) is 4.97. The third-order valence-electron chi connectivity index (χ3n) is 5.09. The average molecular weight is 342 g/mol. The van der Waals surface area contributed by atoms with E-state index in [1.54, 1.807) is 0 Å². The summed E-state index contributed by atoms with van der Waals surface area (Å²) in [5.41, 5.74) is 3.71. The van der Waals surface area contributed by atoms with Crippen molar-refractivity contribution < 1.29 is 4.79 Å². The number of amides is 1. The van der Waals surface area contributed by atoms with Crippen molar-refractivity contribution in [3.63, 3.8) is 0 Å². The summed E-state index contributed by atoms with van der Waals surface area (Å²) >= 11 is 6.06. The van der Waals surface area contributed by atoms with Gasteiger partial charge in [-0.3, -0.25) is 4.79 Å². The molecule has 1 atom stereocenters. The number of fused-ring (bicyclic) bond motifs is 1. The van der Waals surface area contributed by atoms with E-state index < -0.39 is 0 Å². The SMILES string of the molecule is CCC(CC)C(=O)N1CCc2ccccc2C1c1ccc(Cl)cc1. The van der Waals surface area contributed by atoms with E-state index in [1.165, 1.54) is 11.1 Å². The first-order valence-electron chi connectivity index (χ1n) is 8.79. The molecule has 0 saturated heterocycles. The molecule has 3 rings (SSSR count). The molecule has 1 amide bonds. The number of carbonyl (C=O) groups is 1. The van der Waals surface area contributed by atoms with Gasteiger partial charge in [-0.15, -0.1) is 0 Å². The number of rotatable bonds is 4. The first kappa shape index (κ1) is 17.0. The van der Waals surface area contributed by atoms with Crippen molar-refractivity contribution in [2.45, 2.75) is 39.2 Å². The van der Waals surface area contributed by atoms with Crippen molar-refractivity contribution in [1.82, 2.24) is 4.90 Å². The lowest BCUT2D eigenvalue weighted by molar-refractivity contribution is -0.137. The van der Waals surface area contributed by atoms with Gasteiger partial charge in [0.1, 0.15) is 0 Å². The molecule has 1 aliphatic rings. The van der Waals surface area contributed by atoms with Gasteiger partial charge in [-0.05, 0) is 48.1 Å². The molecular weight excluding hydrogens is 318 g/mol. The van der Waals surface area contributed by atoms with E-state index in [0.717, 1.165) is 36.4 Å². The Morgan fingerprint density at radius 2 is 1.79 bits per heavy atom. The van der Waals surface area contributed by atoms with Gasteiger partial charge < -0.3 is 4.90 Å². The smallest absolute Gasteiger partial charge is 0.226 e. The quantitative estimate of drug-likeness (QED) is 0.743. The van der Waals surface area contributed by atoms with Gasteiger partial charge in [0.2, 0.25) is 5.91 Å². The van der Waals surface area contributed by atoms with E-state index in [-0.39, 0.29) is 17.9 Å². The van der Waals surface area contributed by atoms with Crippen LogP contribution in [0.2, 0.25) is 5.02 Å². The first-order valence-corrected chi connectivity index (χ1v) is 9.17. The molecule has 0 radical (unpaired) electrons. The topological polar surface area (TPSA) is 20.3 Å². The molecule has 0 aromatic heterocycles. The Morgan fingerprint density at radius 1 is 1.12 bits per heavy atom. The Hall–Kier alpha value is -1.80. The zero-order valence-electron chi connectivity index (χ0n) is 14.3. The highest BCUT2D eigenvalue weighted by atomic mass is 35.5. The third-order valence-corrected chi connectivity index (χ3v) is 5.34. The highest BCUT2D eigenvalue weighted by Gasteiger charge is 2.33. The van der Waals surface area contributed by atoms with Gasteiger partial charge in [0, 0.05) is 17.5 Å². The fourth-order valence-corrected chi connectivity index (χ4v) is 3.81. The van der Waals surface area contributed by atoms with Gasteiger partial charge in [0.25, 0.3) is 0 Å². The molecular formula is C21H24ClNO. The molecule has 0 fully saturated rings. The molecule has 1 aliphatic heterocycles. The van der Waals surface area contributed by atoms with Crippen LogP contribution in [-0.4, -0.2) is 17.4 Å². The lowest BCUT2D eigenvalue weighted by Gasteiger charge is -2.39. The van der Waals surface area contributed by atoms with E-state index in [4.69, 9.17) is 11.6 Å². The third kappa shape index (κ3) is 3.21. The summed E-state index contributed by atoms with van der Waals surface area (Å²) in [5.74, 6) is 0.375. The molecule has 2 aromatic carbocycles. The predicted octanol–water partition coefficient (Wildman–Crippen LogP) is 5.25. The van der Waals surface area contributed by atoms with Crippen LogP contribution in [0.3, 0.4) is 0 Å². The van der Waals surface area contributed by atoms with Gasteiger partial charge in [0.05, 0.1) is 6.04 Å². The van der Waals surface area contributed by atoms with Crippen molar-refractivity contribution in [2.24, 2.45) is 5.92 Å². The van der Waals surface area contributed by atoms with Crippen LogP contribution in [0, 0.1) is 5.92 Å². The maximum absolute atomic E-state index is 13.1. The van der Waals surface area contributed by atoms with Gasteiger partial charge in [-0.25, -0.2) is 0 Å². The standard InChI is InChI=1S/C21H24ClNO/c1-3-15(4-2)21(24)23-14-13-16-7-5-6-8-19(16)20(23)17-9-11-18(22)12-10-17/h5-12,15,20H,3-4,13-14H2,1-2H3. The Balaban J connectivity index is 2.05. The molecule has 126 valence electrons. The average Bonchev–Trinajstić information content (AvgIpc) is 2.62. The second-order valence-corrected chi connectivity index (χ2v) is 6.88. The normalized spacial score (nSPS) is 17.0. The maximum Gasteiger partial charge on any atom is 0.226 e. The highest BCUT2D eigenvalue weighted by molar-refractivity contribution is 6.30. The number of halogens is 1. The Labute approximate surface area is 149 Å². The van der Waals surface area contributed by atoms with Gasteiger partial charge in [-0.1, -0.05) is 61.8 Å². The van der Waals surface area contributed by atoms with Gasteiger partial charge >= 0.3 is 0 Å². The molecule has 3 heteroatoms. The first-order chi connectivity index (χ1) is 11.7. The summed E-state index contributed by atoms with van der Waals surface area (Å²) in [6, 6.07) is 16.4. The largest absolute Gasteiger partial charge is 0.331 e. The molecule has 2 nitrogen and oxygen atoms in total. The lowest BCUT2D eigenvalue weighted by Crippen LogP contribution is -2.43. The summed E-state index contributed by atoms with van der Waals surface area (Å²) in [6.07, 6.45) is 2.70. The van der Waals surface area contributed by atoms with Crippen LogP contribution in [-0.2, 0) is 11.2 Å². The number of hydrogen-bond acceptors (Lipinski definition) is 1. The number of nitrogens with zero attached hydrogens (tertiary/aromatic N) is 1. The Morgan fingerprint density at radius 3 is 2.46 bits per heavy atom. The van der Waals surface area contributed by atoms with Crippen LogP contribution in [0.4, 0.5) is 0 Å². The second kappa shape index (κ2) is 7.40. The van der Waals surface area contributed by atoms with Crippen LogP contribution in [0.5, 0.6) is 0 Å². The van der Waals surface area contributed by atoms with Crippen LogP contribution in [0.15, 0.2) is 48.5 Å². The molecule has 0 N–H and O–H groups in total. The second-order valence-electron chi connectivity index (χ2n) is 6.45. The minimum Gasteiger partial charge on any atom is -0.331 e. The van der Waals surface area contributed by atoms with Gasteiger partial charge in [-0.2, -0.15) is 0 Å². The fraction of sp³-hybridized carbons (Fsp3) is 0.381. The molecule has 0 aliphatic carbocycles. The number of carbonyl (C=O) groups excluding carboxylic acids is 1. The summed E-state index contributed by atoms with van der Waals surface area (Å²) in [5, 5.41) is 0.723. The summed E-state index contributed by atoms with van der Waals surface area (Å²) in [4.78, 5) is 15.2. The fourth-order valence-electron chi connectivity index (χ4n) is 3.68. The van der Waals surface area contributed by atoms with E-state index in [9.17, 15) is 4.79 Å². The van der Waals surface area contributed by atoms with E-state index in [0.29, 0.717) is 0 Å². The molecule has 1 unspecified atom stereocenters. The van der Waals surface area contributed by atoms with Crippen molar-refractivity contribution in [1.29, 1.82) is 0 Å². The predicted molar refractivity (Wildman–Crippen MR) is 99.2 cm³/mol. The Bertz CT molecular complexity index is 706. The highest BCUT2D eigenvalue weighted by Crippen LogP contribution is 2.36. The number of benzene rings is 2. The maximum atomic E-state index is 13.1. The van der Waals surface area contributed by atoms with E-state index in [2.05, 4.69) is 43.0 Å². The van der Waals surface area contributed by atoms with Crippen LogP contribution < -0.4 is 0 Å². The monoisotopic (exact) mass is 341 g/mol. The Kier molecular flexibility index (Phi) is 5.25. The zero-order valence-corrected chi connectivity index (χ0v) is 15.1. The van der Waals surface area contributed by atoms with Crippen molar-refractivity contribution in [3.8, 4) is 0 Å². The van der Waals surface area contributed by atoms with Crippen LogP contribution in [0.1, 0.15) is 49.4 Å². The minimum atomic E-state index is -0.0136. The van der Waals surface area contributed by atoms with Crippen molar-refractivity contribution in [2.75, 3.05) is 6.54 Å². The molecule has 1 heterocycles. The molecule has 0 spiro atoms. The molecule has 2 aromatic rings. The van der Waals surface area contributed by atoms with Crippen LogP contribution >= 0.6 is 11.6 Å². The lowest BCUT2D eigenvalue weighted by atomic mass is 9.87. The van der Waals surface area contributed by atoms with Crippen molar-refractivity contribution >= 4 is 17.5 Å². The molecule has 0 bridgehead atoms. The van der Waals surface area contributed by atoms with E-state index >= 15 is 0 Å².